The van der Waals surface area contributed by atoms with E-state index in [1.807, 2.05) is 20.8 Å². The van der Waals surface area contributed by atoms with Crippen molar-refractivity contribution in [3.63, 3.8) is 0 Å². The van der Waals surface area contributed by atoms with Crippen LogP contribution in [0.3, 0.4) is 0 Å². The van der Waals surface area contributed by atoms with Crippen LogP contribution in [0.5, 0.6) is 0 Å². The van der Waals surface area contributed by atoms with Crippen LogP contribution in [0.4, 0.5) is 4.79 Å². The molecule has 9 heteroatoms. The highest BCUT2D eigenvalue weighted by atomic mass is 16.6. The van der Waals surface area contributed by atoms with Crippen LogP contribution in [0.15, 0.2) is 5.11 Å². The van der Waals surface area contributed by atoms with E-state index in [1.54, 1.807) is 0 Å². The number of nitrogens with zero attached hydrogens (tertiary/aromatic N) is 3. The Kier molecular flexibility index (Phi) is 11.0. The molecule has 1 amide bonds. The van der Waals surface area contributed by atoms with Gasteiger partial charge in [0.1, 0.15) is 5.60 Å². The molecule has 0 spiro atoms. The highest BCUT2D eigenvalue weighted by Gasteiger charge is 2.27. The number of azide groups is 1. The van der Waals surface area contributed by atoms with E-state index in [9.17, 15) is 4.79 Å². The van der Waals surface area contributed by atoms with E-state index in [2.05, 4.69) is 15.3 Å². The maximum absolute atomic E-state index is 11.8. The normalized spacial score (nSPS) is 19.8. The molecule has 1 fully saturated rings. The molecule has 150 valence electrons. The highest BCUT2D eigenvalue weighted by molar-refractivity contribution is 5.68. The molecular formula is C17H32N4O5. The van der Waals surface area contributed by atoms with Crippen LogP contribution in [0, 0.1) is 5.92 Å². The Hall–Kier alpha value is -1.54. The van der Waals surface area contributed by atoms with Crippen LogP contribution in [-0.4, -0.2) is 63.9 Å². The fourth-order valence-electron chi connectivity index (χ4n) is 2.67. The maximum atomic E-state index is 11.8. The first-order valence-corrected chi connectivity index (χ1v) is 9.14. The SMILES string of the molecule is CC(C)(C)OC(=O)N[C@@H]1CC[C@@H](COCCOCCOCCN=[N+]=[N-])C1. The third kappa shape index (κ3) is 11.9. The number of nitrogens with one attached hydrogen (secondary N) is 1. The van der Waals surface area contributed by atoms with Gasteiger partial charge >= 0.3 is 6.09 Å². The lowest BCUT2D eigenvalue weighted by molar-refractivity contribution is 0.00869. The largest absolute Gasteiger partial charge is 0.444 e. The van der Waals surface area contributed by atoms with Gasteiger partial charge in [-0.25, -0.2) is 4.79 Å². The minimum atomic E-state index is -0.471. The predicted octanol–water partition coefficient (Wildman–Crippen LogP) is 3.04. The first-order valence-electron chi connectivity index (χ1n) is 9.14. The molecule has 1 N–H and O–H groups in total. The maximum Gasteiger partial charge on any atom is 0.407 e. The number of hydrogen-bond donors (Lipinski definition) is 1. The lowest BCUT2D eigenvalue weighted by atomic mass is 10.1. The van der Waals surface area contributed by atoms with Gasteiger partial charge in [-0.15, -0.1) is 0 Å². The Balaban J connectivity index is 1.94. The van der Waals surface area contributed by atoms with Crippen molar-refractivity contribution in [2.45, 2.75) is 51.7 Å². The second-order valence-corrected chi connectivity index (χ2v) is 7.28. The van der Waals surface area contributed by atoms with Crippen molar-refractivity contribution in [1.82, 2.24) is 5.32 Å². The van der Waals surface area contributed by atoms with E-state index in [4.69, 9.17) is 24.5 Å². The quantitative estimate of drug-likeness (QED) is 0.245. The van der Waals surface area contributed by atoms with Crippen molar-refractivity contribution in [1.29, 1.82) is 0 Å². The first kappa shape index (κ1) is 22.5. The molecule has 26 heavy (non-hydrogen) atoms. The molecule has 0 heterocycles. The van der Waals surface area contributed by atoms with Crippen LogP contribution in [0.25, 0.3) is 10.4 Å². The smallest absolute Gasteiger partial charge is 0.407 e. The van der Waals surface area contributed by atoms with Crippen molar-refractivity contribution in [3.05, 3.63) is 10.4 Å². The first-order chi connectivity index (χ1) is 12.4. The zero-order chi connectivity index (χ0) is 19.3. The van der Waals surface area contributed by atoms with Crippen molar-refractivity contribution in [3.8, 4) is 0 Å². The Morgan fingerprint density at radius 3 is 2.42 bits per heavy atom. The van der Waals surface area contributed by atoms with Gasteiger partial charge in [0.2, 0.25) is 0 Å². The highest BCUT2D eigenvalue weighted by Crippen LogP contribution is 2.26. The molecule has 0 aromatic rings. The number of rotatable bonds is 12. The van der Waals surface area contributed by atoms with Crippen molar-refractivity contribution < 1.29 is 23.7 Å². The van der Waals surface area contributed by atoms with Crippen LogP contribution >= 0.6 is 0 Å². The number of alkyl carbamates (subject to hydrolysis) is 1. The average Bonchev–Trinajstić information content (AvgIpc) is 2.98. The minimum Gasteiger partial charge on any atom is -0.444 e. The average molecular weight is 372 g/mol. The van der Waals surface area contributed by atoms with Crippen molar-refractivity contribution >= 4 is 6.09 Å². The van der Waals surface area contributed by atoms with Gasteiger partial charge in [0.25, 0.3) is 0 Å². The van der Waals surface area contributed by atoms with E-state index >= 15 is 0 Å². The van der Waals surface area contributed by atoms with Crippen molar-refractivity contribution in [2.75, 3.05) is 46.2 Å². The number of hydrogen-bond acceptors (Lipinski definition) is 6. The van der Waals surface area contributed by atoms with E-state index in [0.717, 1.165) is 19.3 Å². The lowest BCUT2D eigenvalue weighted by Crippen LogP contribution is -2.38. The fourth-order valence-corrected chi connectivity index (χ4v) is 2.67. The summed E-state index contributed by atoms with van der Waals surface area (Å²) in [6.45, 7) is 9.02. The fraction of sp³-hybridized carbons (Fsp3) is 0.941. The number of carbonyl (C=O) groups excluding carboxylic acids is 1. The summed E-state index contributed by atoms with van der Waals surface area (Å²) in [4.78, 5) is 14.4. The standard InChI is InChI=1S/C17H32N4O5/c1-17(2,3)26-16(22)20-15-5-4-14(12-15)13-25-11-10-24-9-8-23-7-6-19-21-18/h14-15H,4-13H2,1-3H3,(H,20,22)/t14-,15-/m1/s1. The number of ether oxygens (including phenoxy) is 4. The van der Waals surface area contributed by atoms with Crippen molar-refractivity contribution in [2.24, 2.45) is 11.0 Å². The summed E-state index contributed by atoms with van der Waals surface area (Å²) in [5.41, 5.74) is 7.63. The summed E-state index contributed by atoms with van der Waals surface area (Å²) in [5, 5.41) is 6.30. The summed E-state index contributed by atoms with van der Waals surface area (Å²) in [6.07, 6.45) is 2.57. The van der Waals surface area contributed by atoms with Crippen LogP contribution < -0.4 is 5.32 Å². The topological polar surface area (TPSA) is 115 Å². The predicted molar refractivity (Wildman–Crippen MR) is 97.0 cm³/mol. The molecule has 0 saturated heterocycles. The molecular weight excluding hydrogens is 340 g/mol. The van der Waals surface area contributed by atoms with Gasteiger partial charge in [0, 0.05) is 24.1 Å². The number of amides is 1. The Morgan fingerprint density at radius 1 is 1.12 bits per heavy atom. The van der Waals surface area contributed by atoms with Gasteiger partial charge in [-0.3, -0.25) is 0 Å². The van der Waals surface area contributed by atoms with Gasteiger partial charge in [-0.2, -0.15) is 0 Å². The molecule has 1 aliphatic rings. The van der Waals surface area contributed by atoms with E-state index in [-0.39, 0.29) is 12.1 Å². The molecule has 0 bridgehead atoms. The van der Waals surface area contributed by atoms with Crippen LogP contribution in [-0.2, 0) is 18.9 Å². The molecule has 1 saturated carbocycles. The minimum absolute atomic E-state index is 0.164. The van der Waals surface area contributed by atoms with Crippen LogP contribution in [0.1, 0.15) is 40.0 Å². The van der Waals surface area contributed by atoms with Crippen LogP contribution in [0.2, 0.25) is 0 Å². The van der Waals surface area contributed by atoms with Gasteiger partial charge < -0.3 is 24.3 Å². The Labute approximate surface area is 155 Å². The third-order valence-corrected chi connectivity index (χ3v) is 3.76. The molecule has 9 nitrogen and oxygen atoms in total. The molecule has 1 rings (SSSR count). The summed E-state index contributed by atoms with van der Waals surface area (Å²) in [6, 6.07) is 0.164. The molecule has 1 aliphatic carbocycles. The van der Waals surface area contributed by atoms with Gasteiger partial charge in [-0.1, -0.05) is 5.11 Å². The monoisotopic (exact) mass is 372 g/mol. The Bertz CT molecular complexity index is 449. The third-order valence-electron chi connectivity index (χ3n) is 3.76. The molecule has 0 aromatic carbocycles. The zero-order valence-corrected chi connectivity index (χ0v) is 16.1. The molecule has 0 aromatic heterocycles. The summed E-state index contributed by atoms with van der Waals surface area (Å²) < 4.78 is 21.5. The molecule has 0 unspecified atom stereocenters. The number of carbonyl (C=O) groups is 1. The van der Waals surface area contributed by atoms with E-state index < -0.39 is 5.60 Å². The zero-order valence-electron chi connectivity index (χ0n) is 16.1. The van der Waals surface area contributed by atoms with Gasteiger partial charge in [0.15, 0.2) is 0 Å². The summed E-state index contributed by atoms with van der Waals surface area (Å²) >= 11 is 0. The van der Waals surface area contributed by atoms with E-state index in [0.29, 0.717) is 52.1 Å². The lowest BCUT2D eigenvalue weighted by Gasteiger charge is -2.21. The summed E-state index contributed by atoms with van der Waals surface area (Å²) in [7, 11) is 0. The second-order valence-electron chi connectivity index (χ2n) is 7.28. The molecule has 0 radical (unpaired) electrons. The van der Waals surface area contributed by atoms with E-state index in [1.165, 1.54) is 0 Å². The Morgan fingerprint density at radius 2 is 1.77 bits per heavy atom. The van der Waals surface area contributed by atoms with Gasteiger partial charge in [-0.05, 0) is 51.5 Å². The summed E-state index contributed by atoms with van der Waals surface area (Å²) in [5.74, 6) is 0.457. The molecule has 0 aliphatic heterocycles. The second kappa shape index (κ2) is 12.8. The molecule has 2 atom stereocenters. The van der Waals surface area contributed by atoms with Gasteiger partial charge in [0.05, 0.1) is 33.0 Å².